The second-order valence-corrected chi connectivity index (χ2v) is 10.4. The van der Waals surface area contributed by atoms with Crippen molar-refractivity contribution in [3.63, 3.8) is 0 Å². The highest BCUT2D eigenvalue weighted by molar-refractivity contribution is 5.97. The number of anilines is 2. The zero-order chi connectivity index (χ0) is 21.8. The maximum absolute atomic E-state index is 5.04. The summed E-state index contributed by atoms with van der Waals surface area (Å²) in [7, 11) is 0. The molecule has 1 saturated carbocycles. The molecule has 0 bridgehead atoms. The van der Waals surface area contributed by atoms with Gasteiger partial charge < -0.3 is 16.0 Å². The third-order valence-corrected chi connectivity index (χ3v) is 7.06. The van der Waals surface area contributed by atoms with Crippen LogP contribution < -0.4 is 16.0 Å². The van der Waals surface area contributed by atoms with Gasteiger partial charge >= 0.3 is 0 Å². The number of para-hydroxylation sites is 1. The average molecular weight is 422 g/mol. The van der Waals surface area contributed by atoms with E-state index in [-0.39, 0.29) is 5.41 Å². The predicted octanol–water partition coefficient (Wildman–Crippen LogP) is 5.85. The highest BCUT2D eigenvalue weighted by atomic mass is 15.2. The third kappa shape index (κ3) is 5.38. The number of rotatable bonds is 6. The number of fused-ring (bicyclic) bond motifs is 1. The van der Waals surface area contributed by atoms with Crippen LogP contribution in [0.2, 0.25) is 0 Å². The summed E-state index contributed by atoms with van der Waals surface area (Å²) in [4.78, 5) is 10.0. The van der Waals surface area contributed by atoms with E-state index in [0.717, 1.165) is 54.6 Å². The number of benzene rings is 1. The maximum Gasteiger partial charge on any atom is 0.225 e. The summed E-state index contributed by atoms with van der Waals surface area (Å²) in [5, 5.41) is 11.8. The van der Waals surface area contributed by atoms with Crippen molar-refractivity contribution in [2.45, 2.75) is 72.3 Å². The molecule has 1 atom stereocenters. The van der Waals surface area contributed by atoms with Gasteiger partial charge in [0, 0.05) is 30.1 Å². The predicted molar refractivity (Wildman–Crippen MR) is 133 cm³/mol. The molecule has 0 radical (unpaired) electrons. The van der Waals surface area contributed by atoms with Gasteiger partial charge in [-0.25, -0.2) is 4.98 Å². The summed E-state index contributed by atoms with van der Waals surface area (Å²) < 4.78 is 0. The first-order valence-corrected chi connectivity index (χ1v) is 12.1. The van der Waals surface area contributed by atoms with E-state index in [2.05, 4.69) is 67.9 Å². The van der Waals surface area contributed by atoms with Gasteiger partial charge in [0.05, 0.1) is 5.52 Å². The number of aromatic nitrogens is 2. The normalized spacial score (nSPS) is 19.2. The van der Waals surface area contributed by atoms with Crippen LogP contribution >= 0.6 is 0 Å². The fourth-order valence-corrected chi connectivity index (χ4v) is 4.52. The second kappa shape index (κ2) is 9.56. The molecular weight excluding hydrogens is 382 g/mol. The Kier molecular flexibility index (Phi) is 6.80. The summed E-state index contributed by atoms with van der Waals surface area (Å²) in [5.74, 6) is 2.43. The molecule has 1 aromatic carbocycles. The van der Waals surface area contributed by atoms with Crippen LogP contribution in [0, 0.1) is 11.3 Å². The maximum atomic E-state index is 5.04. The van der Waals surface area contributed by atoms with Crippen molar-refractivity contribution in [1.29, 1.82) is 0 Å². The summed E-state index contributed by atoms with van der Waals surface area (Å²) in [6.45, 7) is 11.9. The van der Waals surface area contributed by atoms with E-state index < -0.39 is 0 Å². The Labute approximate surface area is 187 Å². The molecule has 1 aliphatic heterocycles. The molecule has 0 unspecified atom stereocenters. The quantitative estimate of drug-likeness (QED) is 0.546. The minimum absolute atomic E-state index is 0.141. The van der Waals surface area contributed by atoms with E-state index in [1.807, 2.05) is 0 Å². The van der Waals surface area contributed by atoms with Gasteiger partial charge in [-0.1, -0.05) is 58.2 Å². The van der Waals surface area contributed by atoms with Gasteiger partial charge in [-0.05, 0) is 55.7 Å². The molecule has 168 valence electrons. The molecule has 0 saturated heterocycles. The standard InChI is InChI=1S/C26H39N5/c1-18(26(2,3)4)29-24-22-12-8-11-21(20-13-15-27-16-14-20)23(22)30-25(31-24)28-17-19-9-6-5-7-10-19/h8,11-13,18-19,27H,5-7,9-10,14-17H2,1-4H3,(H2,28,29,30,31)/t18-/m1/s1. The summed E-state index contributed by atoms with van der Waals surface area (Å²) in [5.41, 5.74) is 3.83. The van der Waals surface area contributed by atoms with Crippen molar-refractivity contribution in [1.82, 2.24) is 15.3 Å². The lowest BCUT2D eigenvalue weighted by Gasteiger charge is -2.29. The van der Waals surface area contributed by atoms with Gasteiger partial charge in [-0.3, -0.25) is 0 Å². The average Bonchev–Trinajstić information content (AvgIpc) is 2.78. The summed E-state index contributed by atoms with van der Waals surface area (Å²) in [6, 6.07) is 6.81. The minimum atomic E-state index is 0.141. The van der Waals surface area contributed by atoms with Crippen molar-refractivity contribution in [2.24, 2.45) is 11.3 Å². The van der Waals surface area contributed by atoms with E-state index in [1.165, 1.54) is 43.2 Å². The first-order chi connectivity index (χ1) is 14.9. The Morgan fingerprint density at radius 2 is 1.94 bits per heavy atom. The van der Waals surface area contributed by atoms with Crippen molar-refractivity contribution in [2.75, 3.05) is 30.3 Å². The molecule has 0 spiro atoms. The lowest BCUT2D eigenvalue weighted by atomic mass is 9.88. The SMILES string of the molecule is C[C@@H](Nc1nc(NCC2CCCCC2)nc2c(C3=CCNCC3)cccc12)C(C)(C)C. The first-order valence-electron chi connectivity index (χ1n) is 12.1. The molecule has 1 aliphatic carbocycles. The third-order valence-electron chi connectivity index (χ3n) is 7.06. The monoisotopic (exact) mass is 421 g/mol. The molecule has 5 heteroatoms. The van der Waals surface area contributed by atoms with Gasteiger partial charge in [0.25, 0.3) is 0 Å². The zero-order valence-corrected chi connectivity index (χ0v) is 19.7. The van der Waals surface area contributed by atoms with Crippen LogP contribution in [0.15, 0.2) is 24.3 Å². The summed E-state index contributed by atoms with van der Waals surface area (Å²) >= 11 is 0. The van der Waals surface area contributed by atoms with E-state index in [1.54, 1.807) is 0 Å². The van der Waals surface area contributed by atoms with Gasteiger partial charge in [0.1, 0.15) is 5.82 Å². The van der Waals surface area contributed by atoms with Crippen LogP contribution in [0.4, 0.5) is 11.8 Å². The zero-order valence-electron chi connectivity index (χ0n) is 19.7. The van der Waals surface area contributed by atoms with Crippen LogP contribution in [0.3, 0.4) is 0 Å². The van der Waals surface area contributed by atoms with Crippen molar-refractivity contribution < 1.29 is 0 Å². The van der Waals surface area contributed by atoms with Crippen molar-refractivity contribution in [3.8, 4) is 0 Å². The fraction of sp³-hybridized carbons (Fsp3) is 0.615. The van der Waals surface area contributed by atoms with E-state index in [4.69, 9.17) is 9.97 Å². The Morgan fingerprint density at radius 3 is 2.65 bits per heavy atom. The Bertz CT molecular complexity index is 921. The number of hydrogen-bond acceptors (Lipinski definition) is 5. The smallest absolute Gasteiger partial charge is 0.225 e. The topological polar surface area (TPSA) is 61.9 Å². The molecular formula is C26H39N5. The first kappa shape index (κ1) is 22.1. The molecule has 3 N–H and O–H groups in total. The molecule has 2 aromatic rings. The highest BCUT2D eigenvalue weighted by Gasteiger charge is 2.23. The van der Waals surface area contributed by atoms with Crippen molar-refractivity contribution in [3.05, 3.63) is 29.8 Å². The number of hydrogen-bond donors (Lipinski definition) is 3. The van der Waals surface area contributed by atoms with E-state index in [9.17, 15) is 0 Å². The fourth-order valence-electron chi connectivity index (χ4n) is 4.52. The molecule has 4 rings (SSSR count). The van der Waals surface area contributed by atoms with Crippen molar-refractivity contribution >= 4 is 28.2 Å². The molecule has 1 fully saturated rings. The molecule has 2 heterocycles. The van der Waals surface area contributed by atoms with Crippen LogP contribution in [0.5, 0.6) is 0 Å². The van der Waals surface area contributed by atoms with Crippen LogP contribution in [-0.2, 0) is 0 Å². The van der Waals surface area contributed by atoms with E-state index >= 15 is 0 Å². The van der Waals surface area contributed by atoms with Gasteiger partial charge in [-0.15, -0.1) is 0 Å². The largest absolute Gasteiger partial charge is 0.366 e. The lowest BCUT2D eigenvalue weighted by Crippen LogP contribution is -2.31. The second-order valence-electron chi connectivity index (χ2n) is 10.4. The molecule has 31 heavy (non-hydrogen) atoms. The van der Waals surface area contributed by atoms with Crippen LogP contribution in [0.1, 0.15) is 71.8 Å². The number of nitrogens with zero attached hydrogens (tertiary/aromatic N) is 2. The summed E-state index contributed by atoms with van der Waals surface area (Å²) in [6.07, 6.45) is 10.1. The highest BCUT2D eigenvalue weighted by Crippen LogP contribution is 2.33. The van der Waals surface area contributed by atoms with Crippen LogP contribution in [0.25, 0.3) is 16.5 Å². The molecule has 5 nitrogen and oxygen atoms in total. The van der Waals surface area contributed by atoms with E-state index in [0.29, 0.717) is 6.04 Å². The minimum Gasteiger partial charge on any atom is -0.366 e. The Balaban J connectivity index is 1.71. The Morgan fingerprint density at radius 1 is 1.13 bits per heavy atom. The molecule has 2 aliphatic rings. The Hall–Kier alpha value is -2.14. The molecule has 0 amide bonds. The lowest BCUT2D eigenvalue weighted by molar-refractivity contribution is 0.359. The van der Waals surface area contributed by atoms with Gasteiger partial charge in [0.2, 0.25) is 5.95 Å². The van der Waals surface area contributed by atoms with Gasteiger partial charge in [-0.2, -0.15) is 4.98 Å². The van der Waals surface area contributed by atoms with Crippen LogP contribution in [-0.4, -0.2) is 35.6 Å². The number of nitrogens with one attached hydrogen (secondary N) is 3. The van der Waals surface area contributed by atoms with Gasteiger partial charge in [0.15, 0.2) is 0 Å². The molecule has 1 aromatic heterocycles.